The zero-order valence-electron chi connectivity index (χ0n) is 17.9. The number of nitrogens with zero attached hydrogens (tertiary/aromatic N) is 5. The Balaban J connectivity index is 1.39. The lowest BCUT2D eigenvalue weighted by molar-refractivity contribution is 0.383. The Morgan fingerprint density at radius 1 is 0.839 bits per heavy atom. The van der Waals surface area contributed by atoms with Crippen LogP contribution in [-0.2, 0) is 10.0 Å². The third-order valence-corrected chi connectivity index (χ3v) is 7.40. The van der Waals surface area contributed by atoms with Gasteiger partial charge < -0.3 is 10.2 Å². The Morgan fingerprint density at radius 2 is 1.61 bits per heavy atom. The van der Waals surface area contributed by atoms with Crippen molar-refractivity contribution >= 4 is 27.5 Å². The van der Waals surface area contributed by atoms with Crippen molar-refractivity contribution in [2.75, 3.05) is 36.4 Å². The monoisotopic (exact) mass is 438 g/mol. The molecule has 9 heteroatoms. The molecule has 8 nitrogen and oxygen atoms in total. The topological polar surface area (TPSA) is 91.3 Å². The van der Waals surface area contributed by atoms with Gasteiger partial charge in [-0.2, -0.15) is 4.31 Å². The number of rotatable bonds is 5. The van der Waals surface area contributed by atoms with E-state index >= 15 is 0 Å². The SMILES string of the molecule is Cc1ccnc(Nc2ccc(N3CCN(S(=O)(=O)c4ccc(C)c(C)c4)CC3)nn2)c1. The molecule has 3 heterocycles. The first-order chi connectivity index (χ1) is 14.8. The van der Waals surface area contributed by atoms with Gasteiger partial charge in [0, 0.05) is 32.4 Å². The number of aryl methyl sites for hydroxylation is 3. The molecule has 31 heavy (non-hydrogen) atoms. The van der Waals surface area contributed by atoms with E-state index in [-0.39, 0.29) is 0 Å². The molecule has 1 aliphatic heterocycles. The van der Waals surface area contributed by atoms with Crippen LogP contribution in [0.25, 0.3) is 0 Å². The fourth-order valence-corrected chi connectivity index (χ4v) is 4.99. The number of aromatic nitrogens is 3. The normalized spacial score (nSPS) is 15.1. The number of hydrogen-bond acceptors (Lipinski definition) is 7. The minimum absolute atomic E-state index is 0.351. The highest BCUT2D eigenvalue weighted by Crippen LogP contribution is 2.22. The smallest absolute Gasteiger partial charge is 0.243 e. The molecule has 162 valence electrons. The molecule has 0 spiro atoms. The van der Waals surface area contributed by atoms with Crippen LogP contribution in [0.3, 0.4) is 0 Å². The van der Waals surface area contributed by atoms with Gasteiger partial charge in [-0.3, -0.25) is 0 Å². The molecule has 0 unspecified atom stereocenters. The summed E-state index contributed by atoms with van der Waals surface area (Å²) in [5, 5.41) is 11.7. The van der Waals surface area contributed by atoms with Gasteiger partial charge in [-0.1, -0.05) is 6.07 Å². The average Bonchev–Trinajstić information content (AvgIpc) is 2.76. The number of sulfonamides is 1. The highest BCUT2D eigenvalue weighted by molar-refractivity contribution is 7.89. The summed E-state index contributed by atoms with van der Waals surface area (Å²) >= 11 is 0. The standard InChI is InChI=1S/C22H26N6O2S/c1-16-8-9-23-21(14-16)24-20-6-7-22(26-25-20)27-10-12-28(13-11-27)31(29,30)19-5-4-17(2)18(3)15-19/h4-9,14-15H,10-13H2,1-3H3,(H,23,24,25). The van der Waals surface area contributed by atoms with Gasteiger partial charge in [0.2, 0.25) is 10.0 Å². The van der Waals surface area contributed by atoms with Crippen LogP contribution in [0.4, 0.5) is 17.5 Å². The maximum atomic E-state index is 13.0. The molecule has 0 atom stereocenters. The van der Waals surface area contributed by atoms with Gasteiger partial charge in [-0.25, -0.2) is 13.4 Å². The molecular formula is C22H26N6O2S. The molecular weight excluding hydrogens is 412 g/mol. The molecule has 1 fully saturated rings. The molecule has 1 aliphatic rings. The van der Waals surface area contributed by atoms with Crippen LogP contribution in [0.2, 0.25) is 0 Å². The van der Waals surface area contributed by atoms with Gasteiger partial charge in [0.25, 0.3) is 0 Å². The van der Waals surface area contributed by atoms with Crippen LogP contribution in [-0.4, -0.2) is 54.1 Å². The summed E-state index contributed by atoms with van der Waals surface area (Å²) in [6, 6.07) is 12.9. The third kappa shape index (κ3) is 4.67. The zero-order valence-corrected chi connectivity index (χ0v) is 18.7. The molecule has 1 N–H and O–H groups in total. The van der Waals surface area contributed by atoms with Crippen LogP contribution < -0.4 is 10.2 Å². The molecule has 0 radical (unpaired) electrons. The van der Waals surface area contributed by atoms with Crippen LogP contribution in [0.5, 0.6) is 0 Å². The second kappa shape index (κ2) is 8.60. The van der Waals surface area contributed by atoms with Gasteiger partial charge in [0.15, 0.2) is 11.6 Å². The Hall–Kier alpha value is -3.04. The predicted molar refractivity (Wildman–Crippen MR) is 121 cm³/mol. The first-order valence-electron chi connectivity index (χ1n) is 10.2. The van der Waals surface area contributed by atoms with Crippen LogP contribution in [0.1, 0.15) is 16.7 Å². The summed E-state index contributed by atoms with van der Waals surface area (Å²) in [5.74, 6) is 2.05. The first kappa shape index (κ1) is 21.2. The average molecular weight is 439 g/mol. The summed E-state index contributed by atoms with van der Waals surface area (Å²) in [4.78, 5) is 6.66. The van der Waals surface area contributed by atoms with E-state index in [1.54, 1.807) is 22.6 Å². The molecule has 3 aromatic rings. The van der Waals surface area contributed by atoms with Crippen molar-refractivity contribution in [3.8, 4) is 0 Å². The summed E-state index contributed by atoms with van der Waals surface area (Å²) in [6.07, 6.45) is 1.74. The van der Waals surface area contributed by atoms with Crippen molar-refractivity contribution in [3.63, 3.8) is 0 Å². The minimum Gasteiger partial charge on any atom is -0.352 e. The molecule has 0 bridgehead atoms. The van der Waals surface area contributed by atoms with Gasteiger partial charge in [0.05, 0.1) is 4.90 Å². The van der Waals surface area contributed by atoms with E-state index in [1.165, 1.54) is 0 Å². The molecule has 1 aromatic carbocycles. The van der Waals surface area contributed by atoms with Crippen molar-refractivity contribution in [1.29, 1.82) is 0 Å². The number of pyridine rings is 1. The summed E-state index contributed by atoms with van der Waals surface area (Å²) < 4.78 is 27.5. The summed E-state index contributed by atoms with van der Waals surface area (Å²) in [7, 11) is -3.50. The van der Waals surface area contributed by atoms with Gasteiger partial charge in [-0.15, -0.1) is 10.2 Å². The Morgan fingerprint density at radius 3 is 2.26 bits per heavy atom. The molecule has 2 aromatic heterocycles. The first-order valence-corrected chi connectivity index (χ1v) is 11.6. The van der Waals surface area contributed by atoms with Crippen LogP contribution >= 0.6 is 0 Å². The van der Waals surface area contributed by atoms with Crippen LogP contribution in [0.15, 0.2) is 53.6 Å². The minimum atomic E-state index is -3.50. The molecule has 0 amide bonds. The molecule has 0 aliphatic carbocycles. The zero-order chi connectivity index (χ0) is 22.0. The molecule has 4 rings (SSSR count). The molecule has 1 saturated heterocycles. The van der Waals surface area contributed by atoms with Crippen molar-refractivity contribution < 1.29 is 8.42 Å². The summed E-state index contributed by atoms with van der Waals surface area (Å²) in [5.41, 5.74) is 3.17. The lowest BCUT2D eigenvalue weighted by Crippen LogP contribution is -2.49. The number of anilines is 3. The highest BCUT2D eigenvalue weighted by atomic mass is 32.2. The highest BCUT2D eigenvalue weighted by Gasteiger charge is 2.29. The van der Waals surface area contributed by atoms with Gasteiger partial charge >= 0.3 is 0 Å². The number of benzene rings is 1. The summed E-state index contributed by atoms with van der Waals surface area (Å²) in [6.45, 7) is 7.84. The van der Waals surface area contributed by atoms with E-state index in [9.17, 15) is 8.42 Å². The Labute approximate surface area is 183 Å². The Kier molecular flexibility index (Phi) is 5.88. The number of piperazine rings is 1. The van der Waals surface area contributed by atoms with Crippen molar-refractivity contribution in [2.24, 2.45) is 0 Å². The van der Waals surface area contributed by atoms with E-state index in [2.05, 4.69) is 20.5 Å². The van der Waals surface area contributed by atoms with Crippen molar-refractivity contribution in [3.05, 3.63) is 65.4 Å². The predicted octanol–water partition coefficient (Wildman–Crippen LogP) is 3.05. The van der Waals surface area contributed by atoms with E-state index in [1.807, 2.05) is 56.0 Å². The van der Waals surface area contributed by atoms with E-state index < -0.39 is 10.0 Å². The number of nitrogens with one attached hydrogen (secondary N) is 1. The number of hydrogen-bond donors (Lipinski definition) is 1. The van der Waals surface area contributed by atoms with E-state index in [0.29, 0.717) is 42.7 Å². The van der Waals surface area contributed by atoms with Crippen LogP contribution in [0, 0.1) is 20.8 Å². The third-order valence-electron chi connectivity index (χ3n) is 5.50. The second-order valence-electron chi connectivity index (χ2n) is 7.76. The van der Waals surface area contributed by atoms with Crippen molar-refractivity contribution in [1.82, 2.24) is 19.5 Å². The maximum Gasteiger partial charge on any atom is 0.243 e. The Bertz CT molecular complexity index is 1170. The largest absolute Gasteiger partial charge is 0.352 e. The van der Waals surface area contributed by atoms with Gasteiger partial charge in [0.1, 0.15) is 5.82 Å². The van der Waals surface area contributed by atoms with Gasteiger partial charge in [-0.05, 0) is 73.9 Å². The fourth-order valence-electron chi connectivity index (χ4n) is 3.48. The maximum absolute atomic E-state index is 13.0. The van der Waals surface area contributed by atoms with E-state index in [4.69, 9.17) is 0 Å². The van der Waals surface area contributed by atoms with Crippen molar-refractivity contribution in [2.45, 2.75) is 25.7 Å². The quantitative estimate of drug-likeness (QED) is 0.655. The lowest BCUT2D eigenvalue weighted by atomic mass is 10.1. The lowest BCUT2D eigenvalue weighted by Gasteiger charge is -2.34. The van der Waals surface area contributed by atoms with E-state index in [0.717, 1.165) is 22.5 Å². The molecule has 0 saturated carbocycles. The fraction of sp³-hybridized carbons (Fsp3) is 0.318. The second-order valence-corrected chi connectivity index (χ2v) is 9.70.